The highest BCUT2D eigenvalue weighted by molar-refractivity contribution is 7.84. The normalized spacial score (nSPS) is 12.9. The van der Waals surface area contributed by atoms with E-state index in [1.807, 2.05) is 0 Å². The summed E-state index contributed by atoms with van der Waals surface area (Å²) < 4.78 is 35.6. The van der Waals surface area contributed by atoms with Gasteiger partial charge in [0.25, 0.3) is 0 Å². The van der Waals surface area contributed by atoms with Crippen LogP contribution in [-0.2, 0) is 0 Å². The van der Waals surface area contributed by atoms with Crippen LogP contribution < -0.4 is 0 Å². The molecule has 0 saturated heterocycles. The third kappa shape index (κ3) is 3.93. The van der Waals surface area contributed by atoms with E-state index in [0.29, 0.717) is 0 Å². The van der Waals surface area contributed by atoms with Crippen molar-refractivity contribution in [3.63, 3.8) is 0 Å². The van der Waals surface area contributed by atoms with Gasteiger partial charge in [-0.2, -0.15) is 13.2 Å². The molecule has 0 aliphatic rings. The van der Waals surface area contributed by atoms with Gasteiger partial charge in [0, 0.05) is 0 Å². The molecule has 0 aliphatic carbocycles. The van der Waals surface area contributed by atoms with Gasteiger partial charge in [-0.15, -0.1) is 12.6 Å². The van der Waals surface area contributed by atoms with Crippen LogP contribution in [0.1, 0.15) is 0 Å². The lowest BCUT2D eigenvalue weighted by molar-refractivity contribution is -0.0881. The first kappa shape index (κ1) is 10.4. The lowest BCUT2D eigenvalue weighted by atomic mass is 10.2. The maximum Gasteiger partial charge on any atom is 0.416 e. The zero-order valence-electron chi connectivity index (χ0n) is 5.65. The summed E-state index contributed by atoms with van der Waals surface area (Å²) in [6.07, 6.45) is -2.83. The van der Waals surface area contributed by atoms with Gasteiger partial charge < -0.3 is 0 Å². The highest BCUT2D eigenvalue weighted by atomic mass is 32.1. The molecular weight excluding hydrogens is 173 g/mol. The van der Waals surface area contributed by atoms with Crippen LogP contribution in [0.15, 0.2) is 35.8 Å². The average molecular weight is 180 g/mol. The fourth-order valence-corrected chi connectivity index (χ4v) is 0.575. The summed E-state index contributed by atoms with van der Waals surface area (Å²) in [7, 11) is 0. The highest BCUT2D eigenvalue weighted by Gasteiger charge is 2.30. The minimum absolute atomic E-state index is 0.0530. The van der Waals surface area contributed by atoms with Gasteiger partial charge >= 0.3 is 6.18 Å². The molecule has 0 N–H and O–H groups in total. The molecule has 0 aromatic carbocycles. The van der Waals surface area contributed by atoms with E-state index in [-0.39, 0.29) is 4.91 Å². The van der Waals surface area contributed by atoms with Crippen molar-refractivity contribution in [2.75, 3.05) is 0 Å². The molecule has 0 radical (unpaired) electrons. The first-order valence-corrected chi connectivity index (χ1v) is 3.12. The number of hydrogen-bond donors (Lipinski definition) is 1. The number of halogens is 3. The second-order valence-corrected chi connectivity index (χ2v) is 2.37. The third-order valence-corrected chi connectivity index (χ3v) is 0.998. The minimum Gasteiger partial charge on any atom is -0.166 e. The van der Waals surface area contributed by atoms with Gasteiger partial charge in [-0.25, -0.2) is 0 Å². The van der Waals surface area contributed by atoms with Crippen LogP contribution in [0.3, 0.4) is 0 Å². The Bertz CT molecular complexity index is 200. The van der Waals surface area contributed by atoms with E-state index >= 15 is 0 Å². The van der Waals surface area contributed by atoms with Crippen LogP contribution in [0.4, 0.5) is 13.2 Å². The van der Waals surface area contributed by atoms with Crippen LogP contribution in [0, 0.1) is 0 Å². The molecule has 4 heteroatoms. The van der Waals surface area contributed by atoms with Crippen LogP contribution in [0.2, 0.25) is 0 Å². The maximum atomic E-state index is 11.9. The van der Waals surface area contributed by atoms with Crippen molar-refractivity contribution >= 4 is 12.6 Å². The number of thiol groups is 1. The van der Waals surface area contributed by atoms with Crippen molar-refractivity contribution < 1.29 is 13.2 Å². The quantitative estimate of drug-likeness (QED) is 0.490. The monoisotopic (exact) mass is 180 g/mol. The van der Waals surface area contributed by atoms with Gasteiger partial charge in [0.1, 0.15) is 0 Å². The zero-order chi connectivity index (χ0) is 9.07. The van der Waals surface area contributed by atoms with Gasteiger partial charge in [-0.05, 0) is 11.0 Å². The molecule has 0 rings (SSSR count). The molecule has 0 nitrogen and oxygen atoms in total. The molecule has 0 aliphatic heterocycles. The molecule has 62 valence electrons. The Morgan fingerprint density at radius 1 is 1.36 bits per heavy atom. The van der Waals surface area contributed by atoms with Crippen LogP contribution in [0.25, 0.3) is 0 Å². The molecule has 0 heterocycles. The van der Waals surface area contributed by atoms with E-state index in [1.165, 1.54) is 0 Å². The fraction of sp³-hybridized carbons (Fsp3) is 0.143. The Hall–Kier alpha value is -0.640. The largest absolute Gasteiger partial charge is 0.416 e. The molecule has 0 atom stereocenters. The molecule has 0 fully saturated rings. The van der Waals surface area contributed by atoms with E-state index in [0.717, 1.165) is 12.2 Å². The van der Waals surface area contributed by atoms with Crippen LogP contribution in [-0.4, -0.2) is 6.18 Å². The summed E-state index contributed by atoms with van der Waals surface area (Å²) in [4.78, 5) is 0.0530. The highest BCUT2D eigenvalue weighted by Crippen LogP contribution is 2.27. The molecule has 0 aromatic rings. The summed E-state index contributed by atoms with van der Waals surface area (Å²) in [5.41, 5.74) is -0.836. The van der Waals surface area contributed by atoms with Crippen molar-refractivity contribution in [3.05, 3.63) is 35.8 Å². The topological polar surface area (TPSA) is 0 Å². The summed E-state index contributed by atoms with van der Waals surface area (Å²) in [6.45, 7) is 6.21. The smallest absolute Gasteiger partial charge is 0.166 e. The van der Waals surface area contributed by atoms with Crippen LogP contribution >= 0.6 is 12.6 Å². The molecule has 11 heavy (non-hydrogen) atoms. The Morgan fingerprint density at radius 2 is 1.82 bits per heavy atom. The lowest BCUT2D eigenvalue weighted by Crippen LogP contribution is -2.09. The average Bonchev–Trinajstić information content (AvgIpc) is 1.79. The van der Waals surface area contributed by atoms with Gasteiger partial charge in [0.05, 0.1) is 5.57 Å². The van der Waals surface area contributed by atoms with Crippen molar-refractivity contribution in [1.29, 1.82) is 0 Å². The van der Waals surface area contributed by atoms with E-state index < -0.39 is 11.7 Å². The summed E-state index contributed by atoms with van der Waals surface area (Å²) in [5.74, 6) is 0. The summed E-state index contributed by atoms with van der Waals surface area (Å²) >= 11 is 3.60. The molecule has 0 spiro atoms. The Morgan fingerprint density at radius 3 is 1.91 bits per heavy atom. The molecule has 0 bridgehead atoms. The molecule has 0 saturated carbocycles. The maximum absolute atomic E-state index is 11.9. The van der Waals surface area contributed by atoms with Crippen molar-refractivity contribution in [1.82, 2.24) is 0 Å². The van der Waals surface area contributed by atoms with Gasteiger partial charge in [0.15, 0.2) is 0 Å². The van der Waals surface area contributed by atoms with Crippen molar-refractivity contribution in [2.45, 2.75) is 6.18 Å². The summed E-state index contributed by atoms with van der Waals surface area (Å²) in [5, 5.41) is 0. The Balaban J connectivity index is 4.68. The molecule has 0 amide bonds. The van der Waals surface area contributed by atoms with Gasteiger partial charge in [-0.1, -0.05) is 19.2 Å². The number of hydrogen-bond acceptors (Lipinski definition) is 1. The van der Waals surface area contributed by atoms with Gasteiger partial charge in [-0.3, -0.25) is 0 Å². The molecule has 0 aromatic heterocycles. The van der Waals surface area contributed by atoms with E-state index in [9.17, 15) is 13.2 Å². The first-order valence-electron chi connectivity index (χ1n) is 2.67. The Kier molecular flexibility index (Phi) is 3.45. The Labute approximate surface area is 68.5 Å². The fourth-order valence-electron chi connectivity index (χ4n) is 0.436. The number of rotatable bonds is 2. The predicted molar refractivity (Wildman–Crippen MR) is 42.5 cm³/mol. The lowest BCUT2D eigenvalue weighted by Gasteiger charge is -2.05. The van der Waals surface area contributed by atoms with E-state index in [2.05, 4.69) is 25.8 Å². The second-order valence-electron chi connectivity index (χ2n) is 1.79. The summed E-state index contributed by atoms with van der Waals surface area (Å²) in [6, 6.07) is 0. The SMILES string of the molecule is C=C/C(=C\C(=C)S)C(F)(F)F. The predicted octanol–water partition coefficient (Wildman–Crippen LogP) is 3.10. The second kappa shape index (κ2) is 3.67. The number of allylic oxidation sites excluding steroid dienone is 3. The van der Waals surface area contributed by atoms with Gasteiger partial charge in [0.2, 0.25) is 0 Å². The zero-order valence-corrected chi connectivity index (χ0v) is 6.54. The standard InChI is InChI=1S/C7H7F3S/c1-3-6(4-5(2)11)7(8,9)10/h3-4,11H,1-2H2/b6-4+. The molecule has 0 unspecified atom stereocenters. The van der Waals surface area contributed by atoms with Crippen molar-refractivity contribution in [3.8, 4) is 0 Å². The molecular formula is C7H7F3S. The third-order valence-electron chi connectivity index (χ3n) is 0.869. The first-order chi connectivity index (χ1) is 4.88. The number of alkyl halides is 3. The van der Waals surface area contributed by atoms with E-state index in [1.54, 1.807) is 0 Å². The van der Waals surface area contributed by atoms with Crippen LogP contribution in [0.5, 0.6) is 0 Å². The van der Waals surface area contributed by atoms with Crippen molar-refractivity contribution in [2.24, 2.45) is 0 Å². The van der Waals surface area contributed by atoms with E-state index in [4.69, 9.17) is 0 Å². The minimum atomic E-state index is -4.37.